The number of nitrogens with one attached hydrogen (secondary N) is 1. The Balaban J connectivity index is 1.94. The number of hydrogen-bond acceptors (Lipinski definition) is 5. The number of anilines is 1. The molecule has 0 fully saturated rings. The van der Waals surface area contributed by atoms with E-state index in [9.17, 15) is 14.4 Å². The first-order chi connectivity index (χ1) is 12.4. The van der Waals surface area contributed by atoms with Crippen molar-refractivity contribution in [2.75, 3.05) is 18.2 Å². The van der Waals surface area contributed by atoms with Crippen LogP contribution in [0.15, 0.2) is 42.5 Å². The van der Waals surface area contributed by atoms with Crippen LogP contribution in [0.25, 0.3) is 0 Å². The molecule has 0 radical (unpaired) electrons. The van der Waals surface area contributed by atoms with E-state index >= 15 is 0 Å². The summed E-state index contributed by atoms with van der Waals surface area (Å²) < 4.78 is 5.31. The molecule has 0 atom stereocenters. The lowest BCUT2D eigenvalue weighted by molar-refractivity contribution is -0.113. The van der Waals surface area contributed by atoms with Crippen LogP contribution in [0.1, 0.15) is 40.1 Å². The van der Waals surface area contributed by atoms with Crippen LogP contribution >= 0.6 is 11.8 Å². The number of ether oxygens (including phenoxy) is 1. The first-order valence-electron chi connectivity index (χ1n) is 8.07. The second-order valence-corrected chi connectivity index (χ2v) is 6.75. The number of ketones is 2. The van der Waals surface area contributed by atoms with Gasteiger partial charge in [0.2, 0.25) is 5.91 Å². The maximum Gasteiger partial charge on any atom is 0.234 e. The second kappa shape index (κ2) is 9.20. The molecular formula is C20H21NO4S. The third kappa shape index (κ3) is 5.46. The molecule has 5 nitrogen and oxygen atoms in total. The first kappa shape index (κ1) is 19.7. The predicted molar refractivity (Wildman–Crippen MR) is 104 cm³/mol. The lowest BCUT2D eigenvalue weighted by atomic mass is 10.1. The van der Waals surface area contributed by atoms with Gasteiger partial charge in [0.25, 0.3) is 0 Å². The number of Topliss-reactive ketones (excluding diaryl/α,β-unsaturated/α-hetero) is 2. The van der Waals surface area contributed by atoms with Crippen LogP contribution in [0.3, 0.4) is 0 Å². The summed E-state index contributed by atoms with van der Waals surface area (Å²) in [7, 11) is 1.58. The molecule has 0 bridgehead atoms. The minimum Gasteiger partial charge on any atom is -0.496 e. The zero-order chi connectivity index (χ0) is 19.1. The van der Waals surface area contributed by atoms with Crippen molar-refractivity contribution in [2.24, 2.45) is 0 Å². The Bertz CT molecular complexity index is 832. The molecule has 2 aromatic rings. The molecule has 0 heterocycles. The molecule has 1 N–H and O–H groups in total. The van der Waals surface area contributed by atoms with Crippen LogP contribution in [0.4, 0.5) is 5.69 Å². The third-order valence-corrected chi connectivity index (χ3v) is 4.71. The highest BCUT2D eigenvalue weighted by atomic mass is 32.2. The summed E-state index contributed by atoms with van der Waals surface area (Å²) in [6, 6.07) is 12.1. The molecule has 0 unspecified atom stereocenters. The third-order valence-electron chi connectivity index (χ3n) is 3.73. The summed E-state index contributed by atoms with van der Waals surface area (Å²) >= 11 is 1.42. The quantitative estimate of drug-likeness (QED) is 0.711. The molecule has 0 aliphatic carbocycles. The minimum atomic E-state index is -0.155. The van der Waals surface area contributed by atoms with Crippen molar-refractivity contribution in [1.29, 1.82) is 0 Å². The molecule has 2 rings (SSSR count). The molecule has 0 saturated carbocycles. The van der Waals surface area contributed by atoms with E-state index < -0.39 is 0 Å². The second-order valence-electron chi connectivity index (χ2n) is 5.76. The Kier molecular flexibility index (Phi) is 6.97. The number of benzene rings is 2. The summed E-state index contributed by atoms with van der Waals surface area (Å²) in [5.41, 5.74) is 2.64. The van der Waals surface area contributed by atoms with Gasteiger partial charge in [0.05, 0.1) is 12.9 Å². The highest BCUT2D eigenvalue weighted by Gasteiger charge is 2.10. The van der Waals surface area contributed by atoms with Crippen LogP contribution in [-0.4, -0.2) is 30.3 Å². The van der Waals surface area contributed by atoms with E-state index in [4.69, 9.17) is 4.74 Å². The zero-order valence-corrected chi connectivity index (χ0v) is 15.8. The van der Waals surface area contributed by atoms with Gasteiger partial charge in [-0.3, -0.25) is 14.4 Å². The Morgan fingerprint density at radius 1 is 1.00 bits per heavy atom. The molecule has 0 saturated heterocycles. The van der Waals surface area contributed by atoms with Gasteiger partial charge in [0, 0.05) is 28.1 Å². The fourth-order valence-electron chi connectivity index (χ4n) is 2.38. The van der Waals surface area contributed by atoms with E-state index in [1.165, 1.54) is 25.6 Å². The zero-order valence-electron chi connectivity index (χ0n) is 15.0. The molecule has 26 heavy (non-hydrogen) atoms. The number of carbonyl (C=O) groups excluding carboxylic acids is 3. The van der Waals surface area contributed by atoms with Crippen molar-refractivity contribution in [3.63, 3.8) is 0 Å². The molecule has 2 aromatic carbocycles. The standard InChI is InChI=1S/C20H21NO4S/c1-13(22)15-5-4-6-18(10-15)21-20(24)12-26-11-17-9-16(14(2)23)7-8-19(17)25-3/h4-10H,11-12H2,1-3H3,(H,21,24). The predicted octanol–water partition coefficient (Wildman–Crippen LogP) is 3.97. The topological polar surface area (TPSA) is 72.5 Å². The van der Waals surface area contributed by atoms with E-state index in [0.717, 1.165) is 5.56 Å². The van der Waals surface area contributed by atoms with Crippen molar-refractivity contribution in [1.82, 2.24) is 0 Å². The Hall–Kier alpha value is -2.60. The van der Waals surface area contributed by atoms with Gasteiger partial charge in [-0.25, -0.2) is 0 Å². The summed E-state index contributed by atoms with van der Waals surface area (Å²) in [6.07, 6.45) is 0. The fourth-order valence-corrected chi connectivity index (χ4v) is 3.18. The van der Waals surface area contributed by atoms with Gasteiger partial charge in [0.15, 0.2) is 11.6 Å². The van der Waals surface area contributed by atoms with Gasteiger partial charge in [-0.05, 0) is 44.2 Å². The summed E-state index contributed by atoms with van der Waals surface area (Å²) in [4.78, 5) is 35.0. The molecular weight excluding hydrogens is 350 g/mol. The number of hydrogen-bond donors (Lipinski definition) is 1. The minimum absolute atomic E-state index is 0.0120. The van der Waals surface area contributed by atoms with Gasteiger partial charge in [-0.15, -0.1) is 11.8 Å². The summed E-state index contributed by atoms with van der Waals surface area (Å²) in [6.45, 7) is 3.00. The Morgan fingerprint density at radius 3 is 2.35 bits per heavy atom. The normalized spacial score (nSPS) is 10.3. The summed E-state index contributed by atoms with van der Waals surface area (Å²) in [5.74, 6) is 1.27. The highest BCUT2D eigenvalue weighted by Crippen LogP contribution is 2.25. The van der Waals surface area contributed by atoms with Crippen LogP contribution in [0.5, 0.6) is 5.75 Å². The van der Waals surface area contributed by atoms with E-state index in [-0.39, 0.29) is 23.2 Å². The SMILES string of the molecule is COc1ccc(C(C)=O)cc1CSCC(=O)Nc1cccc(C(C)=O)c1. The number of rotatable bonds is 8. The molecule has 0 aromatic heterocycles. The molecule has 0 aliphatic rings. The lowest BCUT2D eigenvalue weighted by Crippen LogP contribution is -2.14. The van der Waals surface area contributed by atoms with Crippen LogP contribution in [0, 0.1) is 0 Å². The van der Waals surface area contributed by atoms with Crippen LogP contribution < -0.4 is 10.1 Å². The maximum atomic E-state index is 12.1. The summed E-state index contributed by atoms with van der Waals surface area (Å²) in [5, 5.41) is 2.78. The van der Waals surface area contributed by atoms with E-state index in [2.05, 4.69) is 5.32 Å². The van der Waals surface area contributed by atoms with Crippen molar-refractivity contribution >= 4 is 34.9 Å². The van der Waals surface area contributed by atoms with Gasteiger partial charge in [0.1, 0.15) is 5.75 Å². The maximum absolute atomic E-state index is 12.1. The van der Waals surface area contributed by atoms with Gasteiger partial charge in [-0.2, -0.15) is 0 Å². The number of thioether (sulfide) groups is 1. The average Bonchev–Trinajstić information content (AvgIpc) is 2.61. The van der Waals surface area contributed by atoms with Crippen LogP contribution in [-0.2, 0) is 10.5 Å². The number of amides is 1. The Labute approximate surface area is 157 Å². The fraction of sp³-hybridized carbons (Fsp3) is 0.250. The molecule has 1 amide bonds. The van der Waals surface area contributed by atoms with E-state index in [0.29, 0.717) is 28.3 Å². The number of methoxy groups -OCH3 is 1. The van der Waals surface area contributed by atoms with Gasteiger partial charge < -0.3 is 10.1 Å². The lowest BCUT2D eigenvalue weighted by Gasteiger charge is -2.10. The van der Waals surface area contributed by atoms with Gasteiger partial charge in [-0.1, -0.05) is 12.1 Å². The molecule has 0 spiro atoms. The van der Waals surface area contributed by atoms with Crippen molar-refractivity contribution in [3.05, 3.63) is 59.2 Å². The Morgan fingerprint density at radius 2 is 1.69 bits per heavy atom. The average molecular weight is 371 g/mol. The number of carbonyl (C=O) groups is 3. The smallest absolute Gasteiger partial charge is 0.234 e. The van der Waals surface area contributed by atoms with E-state index in [1.807, 2.05) is 0 Å². The van der Waals surface area contributed by atoms with Crippen molar-refractivity contribution in [2.45, 2.75) is 19.6 Å². The van der Waals surface area contributed by atoms with Crippen molar-refractivity contribution < 1.29 is 19.1 Å². The largest absolute Gasteiger partial charge is 0.496 e. The highest BCUT2D eigenvalue weighted by molar-refractivity contribution is 7.99. The monoisotopic (exact) mass is 371 g/mol. The van der Waals surface area contributed by atoms with E-state index in [1.54, 1.807) is 49.6 Å². The first-order valence-corrected chi connectivity index (χ1v) is 9.22. The molecule has 0 aliphatic heterocycles. The van der Waals surface area contributed by atoms with Crippen LogP contribution in [0.2, 0.25) is 0 Å². The molecule has 6 heteroatoms. The van der Waals surface area contributed by atoms with Crippen molar-refractivity contribution in [3.8, 4) is 5.75 Å². The molecule has 136 valence electrons. The van der Waals surface area contributed by atoms with Gasteiger partial charge >= 0.3 is 0 Å².